The second kappa shape index (κ2) is 10.9. The van der Waals surface area contributed by atoms with E-state index < -0.39 is 24.3 Å². The number of nitrogens with zero attached hydrogens (tertiary/aromatic N) is 2. The van der Waals surface area contributed by atoms with E-state index in [0.717, 1.165) is 49.8 Å². The largest absolute Gasteiger partial charge is 0.573 e. The first-order valence-electron chi connectivity index (χ1n) is 14.4. The molecule has 7 rings (SSSR count). The average Bonchev–Trinajstić information content (AvgIpc) is 3.67. The summed E-state index contributed by atoms with van der Waals surface area (Å²) in [7, 11) is 0. The number of nitrogens with one attached hydrogen (secondary N) is 3. The zero-order valence-electron chi connectivity index (χ0n) is 23.0. The van der Waals surface area contributed by atoms with Crippen molar-refractivity contribution in [1.82, 2.24) is 21.3 Å². The lowest BCUT2D eigenvalue weighted by Gasteiger charge is -2.40. The van der Waals surface area contributed by atoms with Gasteiger partial charge in [0.25, 0.3) is 5.91 Å². The van der Waals surface area contributed by atoms with Crippen LogP contribution in [0.4, 0.5) is 23.7 Å². The molecule has 3 N–H and O–H groups in total. The van der Waals surface area contributed by atoms with E-state index in [2.05, 4.69) is 31.0 Å². The molecule has 4 heterocycles. The van der Waals surface area contributed by atoms with Crippen LogP contribution in [0.2, 0.25) is 0 Å². The summed E-state index contributed by atoms with van der Waals surface area (Å²) in [6.07, 6.45) is 0.705. The van der Waals surface area contributed by atoms with Gasteiger partial charge in [0.1, 0.15) is 23.2 Å². The SMILES string of the molecule is O=C1NNC(c2ccc(N3[C@@H]4CC[C@H]3CC(OCc3c(-c5ccccc5OC(F)(F)F)noc3C3CC3)C4)cc2)C(=O)N1. The molecule has 3 saturated heterocycles. The van der Waals surface area contributed by atoms with Gasteiger partial charge >= 0.3 is 12.4 Å². The standard InChI is InChI=1S/C30H30F3N5O5/c31-30(32,33)42-24-4-2-1-3-22(24)26-23(27(43-37-26)17-5-6-17)15-41-21-13-19-11-12-20(14-21)38(19)18-9-7-16(8-10-18)25-28(39)34-29(40)36-35-25/h1-4,7-10,17,19-21,25,35H,5-6,11-15H2,(H2,34,36,39,40)/t19-,20+,21?,25?. The van der Waals surface area contributed by atoms with Gasteiger partial charge in [-0.25, -0.2) is 10.2 Å². The second-order valence-electron chi connectivity index (χ2n) is 11.5. The lowest BCUT2D eigenvalue weighted by Crippen LogP contribution is -2.58. The predicted octanol–water partition coefficient (Wildman–Crippen LogP) is 5.22. The molecule has 0 radical (unpaired) electrons. The number of benzene rings is 2. The number of carbonyl (C=O) groups excluding carboxylic acids is 2. The Labute approximate surface area is 244 Å². The van der Waals surface area contributed by atoms with Crippen molar-refractivity contribution >= 4 is 17.6 Å². The Hall–Kier alpha value is -4.10. The molecular weight excluding hydrogens is 567 g/mol. The third-order valence-electron chi connectivity index (χ3n) is 8.64. The molecule has 3 aromatic rings. The molecule has 10 nitrogen and oxygen atoms in total. The number of ether oxygens (including phenoxy) is 2. The van der Waals surface area contributed by atoms with E-state index in [1.54, 1.807) is 12.1 Å². The summed E-state index contributed by atoms with van der Waals surface area (Å²) in [6.45, 7) is 0.191. The Kier molecular flexibility index (Phi) is 7.01. The van der Waals surface area contributed by atoms with Crippen molar-refractivity contribution in [2.75, 3.05) is 4.90 Å². The molecule has 13 heteroatoms. The maximum absolute atomic E-state index is 13.1. The molecule has 4 fully saturated rings. The molecule has 2 bridgehead atoms. The van der Waals surface area contributed by atoms with Crippen molar-refractivity contribution in [3.8, 4) is 17.0 Å². The minimum absolute atomic E-state index is 0.0248. The van der Waals surface area contributed by atoms with Crippen LogP contribution < -0.4 is 25.8 Å². The molecule has 4 aliphatic rings. The second-order valence-corrected chi connectivity index (χ2v) is 11.5. The maximum Gasteiger partial charge on any atom is 0.573 e. The highest BCUT2D eigenvalue weighted by Crippen LogP contribution is 2.46. The third-order valence-corrected chi connectivity index (χ3v) is 8.64. The highest BCUT2D eigenvalue weighted by atomic mass is 19.4. The number of imide groups is 1. The van der Waals surface area contributed by atoms with Crippen molar-refractivity contribution in [2.24, 2.45) is 0 Å². The Morgan fingerprint density at radius 1 is 0.977 bits per heavy atom. The Morgan fingerprint density at radius 3 is 2.37 bits per heavy atom. The van der Waals surface area contributed by atoms with Gasteiger partial charge in [-0.1, -0.05) is 29.4 Å². The quantitative estimate of drug-likeness (QED) is 0.324. The van der Waals surface area contributed by atoms with Crippen LogP contribution in [0, 0.1) is 0 Å². The Bertz CT molecular complexity index is 1510. The summed E-state index contributed by atoms with van der Waals surface area (Å²) in [6, 6.07) is 13.0. The van der Waals surface area contributed by atoms with Crippen LogP contribution in [0.5, 0.6) is 5.75 Å². The number of anilines is 1. The molecule has 1 saturated carbocycles. The molecule has 43 heavy (non-hydrogen) atoms. The van der Waals surface area contributed by atoms with E-state index in [4.69, 9.17) is 9.26 Å². The van der Waals surface area contributed by atoms with E-state index in [1.165, 1.54) is 12.1 Å². The topological polar surface area (TPSA) is 118 Å². The molecule has 1 aromatic heterocycles. The van der Waals surface area contributed by atoms with Crippen molar-refractivity contribution in [3.05, 3.63) is 65.4 Å². The number of piperidine rings is 1. The molecule has 3 amide bonds. The normalized spacial score (nSPS) is 25.4. The van der Waals surface area contributed by atoms with Crippen LogP contribution in [0.3, 0.4) is 0 Å². The van der Waals surface area contributed by atoms with Crippen LogP contribution in [-0.2, 0) is 16.1 Å². The van der Waals surface area contributed by atoms with Crippen molar-refractivity contribution in [3.63, 3.8) is 0 Å². The number of alkyl halides is 3. The molecular formula is C30H30F3N5O5. The van der Waals surface area contributed by atoms with E-state index >= 15 is 0 Å². The van der Waals surface area contributed by atoms with Crippen LogP contribution in [0.15, 0.2) is 53.1 Å². The van der Waals surface area contributed by atoms with Gasteiger partial charge in [-0.2, -0.15) is 0 Å². The zero-order chi connectivity index (χ0) is 29.7. The first kappa shape index (κ1) is 27.7. The molecule has 1 aliphatic carbocycles. The molecule has 3 aliphatic heterocycles. The smallest absolute Gasteiger partial charge is 0.405 e. The third kappa shape index (κ3) is 5.66. The van der Waals surface area contributed by atoms with E-state index in [0.29, 0.717) is 17.0 Å². The average molecular weight is 598 g/mol. The zero-order valence-corrected chi connectivity index (χ0v) is 23.0. The van der Waals surface area contributed by atoms with Crippen molar-refractivity contribution in [1.29, 1.82) is 0 Å². The number of fused-ring (bicyclic) bond motifs is 2. The summed E-state index contributed by atoms with van der Waals surface area (Å²) < 4.78 is 55.8. The van der Waals surface area contributed by atoms with Gasteiger partial charge in [-0.3, -0.25) is 15.5 Å². The molecule has 0 spiro atoms. The van der Waals surface area contributed by atoms with Crippen molar-refractivity contribution in [2.45, 2.75) is 81.6 Å². The van der Waals surface area contributed by atoms with E-state index in [1.807, 2.05) is 24.3 Å². The number of rotatable bonds is 8. The van der Waals surface area contributed by atoms with Gasteiger partial charge < -0.3 is 18.9 Å². The van der Waals surface area contributed by atoms with Gasteiger partial charge in [-0.05, 0) is 68.4 Å². The number of para-hydroxylation sites is 1. The number of halogens is 3. The fourth-order valence-corrected chi connectivity index (χ4v) is 6.59. The van der Waals surface area contributed by atoms with E-state index in [-0.39, 0.29) is 42.0 Å². The number of hydrazine groups is 1. The number of aromatic nitrogens is 1. The lowest BCUT2D eigenvalue weighted by atomic mass is 9.97. The predicted molar refractivity (Wildman–Crippen MR) is 147 cm³/mol. The summed E-state index contributed by atoms with van der Waals surface area (Å²) in [5.74, 6) is 0.140. The number of carbonyl (C=O) groups is 2. The number of amides is 3. The molecule has 226 valence electrons. The van der Waals surface area contributed by atoms with Crippen molar-refractivity contribution < 1.29 is 36.8 Å². The number of hydrogen-bond acceptors (Lipinski definition) is 8. The van der Waals surface area contributed by atoms with Crippen LogP contribution in [0.1, 0.15) is 67.4 Å². The molecule has 2 aromatic carbocycles. The minimum atomic E-state index is -4.83. The molecule has 2 unspecified atom stereocenters. The van der Waals surface area contributed by atoms with Crippen LogP contribution >= 0.6 is 0 Å². The Balaban J connectivity index is 1.05. The van der Waals surface area contributed by atoms with Gasteiger partial charge in [0.05, 0.1) is 12.7 Å². The lowest BCUT2D eigenvalue weighted by molar-refractivity contribution is -0.274. The highest BCUT2D eigenvalue weighted by molar-refractivity contribution is 5.99. The molecule has 4 atom stereocenters. The summed E-state index contributed by atoms with van der Waals surface area (Å²) >= 11 is 0. The summed E-state index contributed by atoms with van der Waals surface area (Å²) in [4.78, 5) is 26.0. The first-order chi connectivity index (χ1) is 20.7. The Morgan fingerprint density at radius 2 is 1.70 bits per heavy atom. The first-order valence-corrected chi connectivity index (χ1v) is 14.4. The fourth-order valence-electron chi connectivity index (χ4n) is 6.59. The maximum atomic E-state index is 13.1. The van der Waals surface area contributed by atoms with Gasteiger partial charge in [-0.15, -0.1) is 13.2 Å². The van der Waals surface area contributed by atoms with Crippen LogP contribution in [0.25, 0.3) is 11.3 Å². The van der Waals surface area contributed by atoms with E-state index in [9.17, 15) is 22.8 Å². The van der Waals surface area contributed by atoms with Gasteiger partial charge in [0, 0.05) is 34.8 Å². The summed E-state index contributed by atoms with van der Waals surface area (Å²) in [5, 5.41) is 6.44. The monoisotopic (exact) mass is 597 g/mol. The fraction of sp³-hybridized carbons (Fsp3) is 0.433. The minimum Gasteiger partial charge on any atom is -0.405 e. The summed E-state index contributed by atoms with van der Waals surface area (Å²) in [5.41, 5.74) is 8.18. The van der Waals surface area contributed by atoms with Gasteiger partial charge in [0.15, 0.2) is 0 Å². The number of hydrogen-bond donors (Lipinski definition) is 3. The number of urea groups is 1. The van der Waals surface area contributed by atoms with Gasteiger partial charge in [0.2, 0.25) is 0 Å². The highest BCUT2D eigenvalue weighted by Gasteiger charge is 2.42. The van der Waals surface area contributed by atoms with Crippen LogP contribution in [-0.4, -0.2) is 41.6 Å².